The summed E-state index contributed by atoms with van der Waals surface area (Å²) in [5, 5.41) is 0. The van der Waals surface area contributed by atoms with Gasteiger partial charge in [0.2, 0.25) is 0 Å². The van der Waals surface area contributed by atoms with Crippen LogP contribution in [-0.4, -0.2) is 31.1 Å². The molecule has 6 heteroatoms. The smallest absolute Gasteiger partial charge is 0.339 e. The fourth-order valence-electron chi connectivity index (χ4n) is 4.73. The highest BCUT2D eigenvalue weighted by Gasteiger charge is 2.49. The molecule has 5 nitrogen and oxygen atoms in total. The van der Waals surface area contributed by atoms with Crippen LogP contribution in [0, 0.1) is 5.82 Å². The van der Waals surface area contributed by atoms with Gasteiger partial charge < -0.3 is 14.2 Å². The van der Waals surface area contributed by atoms with Crippen molar-refractivity contribution >= 4 is 5.97 Å². The molecule has 170 valence electrons. The second-order valence-corrected chi connectivity index (χ2v) is 8.61. The van der Waals surface area contributed by atoms with Crippen molar-refractivity contribution in [2.45, 2.75) is 31.6 Å². The number of methoxy groups -OCH3 is 1. The quantitative estimate of drug-likeness (QED) is 0.494. The van der Waals surface area contributed by atoms with Gasteiger partial charge in [-0.25, -0.2) is 9.18 Å². The van der Waals surface area contributed by atoms with Gasteiger partial charge in [0.1, 0.15) is 29.5 Å². The number of benzene rings is 3. The minimum absolute atomic E-state index is 0.261. The van der Waals surface area contributed by atoms with Crippen LogP contribution in [0.15, 0.2) is 66.7 Å². The molecule has 0 N–H and O–H groups in total. The Kier molecular flexibility index (Phi) is 5.77. The van der Waals surface area contributed by atoms with Crippen molar-refractivity contribution in [2.24, 2.45) is 0 Å². The number of nitrogens with zero attached hydrogens (tertiary/aromatic N) is 1. The number of carbonyl (C=O) groups is 1. The molecule has 0 saturated carbocycles. The molecule has 2 aliphatic heterocycles. The van der Waals surface area contributed by atoms with E-state index in [0.29, 0.717) is 24.2 Å². The van der Waals surface area contributed by atoms with E-state index in [4.69, 9.17) is 14.2 Å². The van der Waals surface area contributed by atoms with Crippen LogP contribution < -0.4 is 9.47 Å². The summed E-state index contributed by atoms with van der Waals surface area (Å²) in [6, 6.07) is 20.7. The third kappa shape index (κ3) is 4.31. The molecule has 2 heterocycles. The van der Waals surface area contributed by atoms with Crippen molar-refractivity contribution in [3.05, 3.63) is 94.8 Å². The third-order valence-electron chi connectivity index (χ3n) is 6.50. The Bertz CT molecular complexity index is 1140. The second kappa shape index (κ2) is 8.87. The van der Waals surface area contributed by atoms with E-state index in [9.17, 15) is 4.79 Å². The van der Waals surface area contributed by atoms with Gasteiger partial charge in [-0.05, 0) is 29.3 Å². The van der Waals surface area contributed by atoms with Crippen LogP contribution in [0.5, 0.6) is 11.5 Å². The summed E-state index contributed by atoms with van der Waals surface area (Å²) in [7, 11) is 1.61. The van der Waals surface area contributed by atoms with Gasteiger partial charge >= 0.3 is 5.97 Å². The number of esters is 1. The molecule has 3 aromatic rings. The first-order valence-corrected chi connectivity index (χ1v) is 11.2. The molecule has 0 aliphatic carbocycles. The van der Waals surface area contributed by atoms with E-state index in [1.54, 1.807) is 13.2 Å². The molecule has 1 saturated heterocycles. The number of hydrogen-bond donors (Lipinski definition) is 0. The molecule has 0 atom stereocenters. The predicted octanol–water partition coefficient (Wildman–Crippen LogP) is 5.08. The number of hydrogen-bond acceptors (Lipinski definition) is 5. The molecule has 5 rings (SSSR count). The predicted molar refractivity (Wildman–Crippen MR) is 122 cm³/mol. The molecule has 1 spiro atoms. The van der Waals surface area contributed by atoms with Crippen LogP contribution >= 0.6 is 0 Å². The number of piperidine rings is 1. The fourth-order valence-corrected chi connectivity index (χ4v) is 4.73. The number of ether oxygens (including phenoxy) is 3. The molecular formula is C27H26FNO4. The van der Waals surface area contributed by atoms with Crippen LogP contribution in [-0.2, 0) is 23.5 Å². The van der Waals surface area contributed by atoms with Crippen LogP contribution in [0.25, 0.3) is 0 Å². The van der Waals surface area contributed by atoms with E-state index in [0.717, 1.165) is 30.9 Å². The lowest BCUT2D eigenvalue weighted by Gasteiger charge is -2.38. The SMILES string of the molecule is COc1ccc(COc2cc(F)c3c(c2)C(=O)OC32CCN(Cc3ccccc3)CC2)cc1. The topological polar surface area (TPSA) is 48.0 Å². The van der Waals surface area contributed by atoms with Crippen molar-refractivity contribution in [1.29, 1.82) is 0 Å². The highest BCUT2D eigenvalue weighted by atomic mass is 19.1. The Morgan fingerprint density at radius 1 is 0.970 bits per heavy atom. The van der Waals surface area contributed by atoms with E-state index < -0.39 is 17.4 Å². The third-order valence-corrected chi connectivity index (χ3v) is 6.50. The molecule has 0 radical (unpaired) electrons. The standard InChI is InChI=1S/C27H26FNO4/c1-31-21-9-7-20(8-10-21)18-32-22-15-23-25(24(28)16-22)27(33-26(23)30)11-13-29(14-12-27)17-19-5-3-2-4-6-19/h2-10,15-16H,11-14,17-18H2,1H3. The van der Waals surface area contributed by atoms with Gasteiger partial charge in [0, 0.05) is 44.1 Å². The van der Waals surface area contributed by atoms with E-state index in [-0.39, 0.29) is 12.2 Å². The summed E-state index contributed by atoms with van der Waals surface area (Å²) in [5.41, 5.74) is 1.92. The van der Waals surface area contributed by atoms with Crippen LogP contribution in [0.2, 0.25) is 0 Å². The molecule has 2 aliphatic rings. The van der Waals surface area contributed by atoms with Crippen molar-refractivity contribution in [3.8, 4) is 11.5 Å². The Labute approximate surface area is 192 Å². The van der Waals surface area contributed by atoms with Crippen molar-refractivity contribution in [2.75, 3.05) is 20.2 Å². The maximum atomic E-state index is 15.3. The number of carbonyl (C=O) groups excluding carboxylic acids is 1. The first-order chi connectivity index (χ1) is 16.1. The fraction of sp³-hybridized carbons (Fsp3) is 0.296. The van der Waals surface area contributed by atoms with Crippen LogP contribution in [0.4, 0.5) is 4.39 Å². The van der Waals surface area contributed by atoms with Gasteiger partial charge in [-0.1, -0.05) is 42.5 Å². The maximum absolute atomic E-state index is 15.3. The van der Waals surface area contributed by atoms with Crippen LogP contribution in [0.3, 0.4) is 0 Å². The van der Waals surface area contributed by atoms with Gasteiger partial charge in [0.05, 0.1) is 12.7 Å². The lowest BCUT2D eigenvalue weighted by molar-refractivity contribution is -0.0454. The van der Waals surface area contributed by atoms with Crippen molar-refractivity contribution in [1.82, 2.24) is 4.90 Å². The van der Waals surface area contributed by atoms with Crippen LogP contribution in [0.1, 0.15) is 39.9 Å². The van der Waals surface area contributed by atoms with Crippen molar-refractivity contribution < 1.29 is 23.4 Å². The number of fused-ring (bicyclic) bond motifs is 2. The Balaban J connectivity index is 1.29. The van der Waals surface area contributed by atoms with Gasteiger partial charge in [-0.2, -0.15) is 0 Å². The van der Waals surface area contributed by atoms with E-state index in [1.807, 2.05) is 42.5 Å². The second-order valence-electron chi connectivity index (χ2n) is 8.61. The van der Waals surface area contributed by atoms with Crippen molar-refractivity contribution in [3.63, 3.8) is 0 Å². The van der Waals surface area contributed by atoms with Gasteiger partial charge in [0.15, 0.2) is 0 Å². The molecule has 0 aromatic heterocycles. The molecule has 1 fully saturated rings. The molecule has 33 heavy (non-hydrogen) atoms. The zero-order chi connectivity index (χ0) is 22.8. The molecular weight excluding hydrogens is 421 g/mol. The maximum Gasteiger partial charge on any atom is 0.339 e. The van der Waals surface area contributed by atoms with Gasteiger partial charge in [-0.15, -0.1) is 0 Å². The van der Waals surface area contributed by atoms with E-state index >= 15 is 4.39 Å². The van der Waals surface area contributed by atoms with E-state index in [2.05, 4.69) is 17.0 Å². The van der Waals surface area contributed by atoms with Gasteiger partial charge in [0.25, 0.3) is 0 Å². The summed E-state index contributed by atoms with van der Waals surface area (Å²) < 4.78 is 32.0. The average molecular weight is 448 g/mol. The Morgan fingerprint density at radius 3 is 2.39 bits per heavy atom. The minimum atomic E-state index is -0.891. The molecule has 0 unspecified atom stereocenters. The summed E-state index contributed by atoms with van der Waals surface area (Å²) in [6.07, 6.45) is 1.14. The Morgan fingerprint density at radius 2 is 1.70 bits per heavy atom. The summed E-state index contributed by atoms with van der Waals surface area (Å²) in [6.45, 7) is 2.56. The molecule has 0 bridgehead atoms. The van der Waals surface area contributed by atoms with Gasteiger partial charge in [-0.3, -0.25) is 4.90 Å². The number of likely N-dealkylation sites (tertiary alicyclic amines) is 1. The average Bonchev–Trinajstić information content (AvgIpc) is 3.12. The lowest BCUT2D eigenvalue weighted by atomic mass is 9.83. The number of rotatable bonds is 6. The highest BCUT2D eigenvalue weighted by molar-refractivity contribution is 5.95. The Hall–Kier alpha value is -3.38. The summed E-state index contributed by atoms with van der Waals surface area (Å²) in [5.74, 6) is 0.151. The zero-order valence-corrected chi connectivity index (χ0v) is 18.6. The summed E-state index contributed by atoms with van der Waals surface area (Å²) >= 11 is 0. The first-order valence-electron chi connectivity index (χ1n) is 11.2. The minimum Gasteiger partial charge on any atom is -0.497 e. The highest BCUT2D eigenvalue weighted by Crippen LogP contribution is 2.46. The van der Waals surface area contributed by atoms with E-state index in [1.165, 1.54) is 11.6 Å². The monoisotopic (exact) mass is 447 g/mol. The summed E-state index contributed by atoms with van der Waals surface area (Å²) in [4.78, 5) is 15.0. The lowest BCUT2D eigenvalue weighted by Crippen LogP contribution is -2.42. The normalized spacial score (nSPS) is 17.0. The molecule has 0 amide bonds. The first kappa shape index (κ1) is 21.5. The largest absolute Gasteiger partial charge is 0.497 e. The number of halogens is 1. The zero-order valence-electron chi connectivity index (χ0n) is 18.6. The molecule has 3 aromatic carbocycles.